The van der Waals surface area contributed by atoms with E-state index >= 15 is 4.39 Å². The van der Waals surface area contributed by atoms with Gasteiger partial charge in [-0.3, -0.25) is 4.68 Å². The largest absolute Gasteiger partial charge is 0.508 e. The van der Waals surface area contributed by atoms with Crippen molar-refractivity contribution in [3.63, 3.8) is 0 Å². The summed E-state index contributed by atoms with van der Waals surface area (Å²) in [7, 11) is 4.14. The fourth-order valence-electron chi connectivity index (χ4n) is 8.69. The van der Waals surface area contributed by atoms with E-state index in [9.17, 15) is 15.5 Å². The number of phenols is 1. The second-order valence-corrected chi connectivity index (χ2v) is 14.5. The molecule has 12 heteroatoms. The smallest absolute Gasteiger partial charge is 0.157 e. The van der Waals surface area contributed by atoms with Crippen LogP contribution in [0.4, 0.5) is 10.2 Å². The number of aryl methyl sites for hydroxylation is 1. The van der Waals surface area contributed by atoms with Gasteiger partial charge in [-0.15, -0.1) is 0 Å². The number of phenolic OH excluding ortho intramolecular Hbond substituents is 1. The molecule has 3 N–H and O–H groups in total. The van der Waals surface area contributed by atoms with E-state index in [0.29, 0.717) is 52.3 Å². The number of benzene rings is 3. The number of pyridine rings is 1. The average molecular weight is 686 g/mol. The first-order valence-corrected chi connectivity index (χ1v) is 17.7. The third kappa shape index (κ3) is 4.83. The van der Waals surface area contributed by atoms with E-state index in [1.165, 1.54) is 0 Å². The highest BCUT2D eigenvalue weighted by atomic mass is 19.1. The lowest BCUT2D eigenvalue weighted by Crippen LogP contribution is -2.57. The Morgan fingerprint density at radius 2 is 1.94 bits per heavy atom. The van der Waals surface area contributed by atoms with E-state index in [2.05, 4.69) is 51.9 Å². The molecule has 51 heavy (non-hydrogen) atoms. The van der Waals surface area contributed by atoms with Gasteiger partial charge in [0.25, 0.3) is 0 Å². The Morgan fingerprint density at radius 1 is 1.12 bits per heavy atom. The highest BCUT2D eigenvalue weighted by Gasteiger charge is 2.49. The van der Waals surface area contributed by atoms with Crippen LogP contribution in [0.5, 0.6) is 5.75 Å². The number of aromatic hydroxyl groups is 1. The summed E-state index contributed by atoms with van der Waals surface area (Å²) in [6.45, 7) is 4.35. The molecule has 3 aromatic heterocycles. The second-order valence-electron chi connectivity index (χ2n) is 14.5. The van der Waals surface area contributed by atoms with Crippen LogP contribution in [-0.2, 0) is 13.0 Å². The molecule has 3 aromatic carbocycles. The highest BCUT2D eigenvalue weighted by Crippen LogP contribution is 2.49. The summed E-state index contributed by atoms with van der Waals surface area (Å²) in [5.41, 5.74) is 3.75. The molecule has 10 rings (SSSR count). The maximum absolute atomic E-state index is 18.1. The minimum absolute atomic E-state index is 0.00525. The number of anilines is 1. The third-order valence-electron chi connectivity index (χ3n) is 11.5. The Bertz CT molecular complexity index is 2370. The van der Waals surface area contributed by atoms with Crippen LogP contribution in [0.3, 0.4) is 0 Å². The number of hydrogen-bond acceptors (Lipinski definition) is 9. The average Bonchev–Trinajstić information content (AvgIpc) is 3.91. The van der Waals surface area contributed by atoms with Gasteiger partial charge in [0, 0.05) is 60.8 Å². The summed E-state index contributed by atoms with van der Waals surface area (Å²) < 4.78 is 22.1. The first kappa shape index (κ1) is 31.9. The van der Waals surface area contributed by atoms with Crippen LogP contribution in [0.1, 0.15) is 48.8 Å². The van der Waals surface area contributed by atoms with Gasteiger partial charge >= 0.3 is 0 Å². The molecule has 260 valence electrons. The van der Waals surface area contributed by atoms with Crippen molar-refractivity contribution in [2.75, 3.05) is 38.6 Å². The lowest BCUT2D eigenvalue weighted by molar-refractivity contribution is 0.221. The zero-order valence-electron chi connectivity index (χ0n) is 28.9. The molecule has 0 spiro atoms. The quantitative estimate of drug-likeness (QED) is 0.186. The van der Waals surface area contributed by atoms with Gasteiger partial charge in [-0.1, -0.05) is 31.2 Å². The predicted octanol–water partition coefficient (Wildman–Crippen LogP) is 5.29. The fourth-order valence-corrected chi connectivity index (χ4v) is 8.69. The Balaban J connectivity index is 1.41. The Hall–Kier alpha value is -5.09. The third-order valence-corrected chi connectivity index (χ3v) is 11.5. The number of hydrogen-bond donors (Lipinski definition) is 3. The summed E-state index contributed by atoms with van der Waals surface area (Å²) in [6.07, 6.45) is 5.07. The van der Waals surface area contributed by atoms with Crippen molar-refractivity contribution in [2.24, 2.45) is 5.92 Å². The van der Waals surface area contributed by atoms with E-state index < -0.39 is 11.9 Å². The number of nitriles is 1. The minimum atomic E-state index is -0.708. The van der Waals surface area contributed by atoms with Crippen LogP contribution in [0, 0.1) is 23.1 Å². The van der Waals surface area contributed by atoms with Crippen molar-refractivity contribution in [1.29, 1.82) is 5.26 Å². The number of nitrogens with zero attached hydrogens (tertiary/aromatic N) is 8. The highest BCUT2D eigenvalue weighted by molar-refractivity contribution is 6.10. The Morgan fingerprint density at radius 3 is 2.63 bits per heavy atom. The SMILES string of the molecule is CCc1nc2c(N3CC(N(C)C)C3)nc3c(F)c(-c4cc(O)cc5ccccc45)c(C(CC#N)n4cc(CO)cn4)cc3c2n1C1C2CNC1C2. The van der Waals surface area contributed by atoms with E-state index in [4.69, 9.17) is 9.97 Å². The second kappa shape index (κ2) is 12.0. The molecular weight excluding hydrogens is 645 g/mol. The van der Waals surface area contributed by atoms with Gasteiger partial charge in [-0.05, 0) is 66.5 Å². The maximum atomic E-state index is 18.1. The molecule has 3 aliphatic heterocycles. The number of rotatable bonds is 9. The van der Waals surface area contributed by atoms with E-state index in [1.807, 2.05) is 30.3 Å². The van der Waals surface area contributed by atoms with Crippen LogP contribution in [-0.4, -0.2) is 85.2 Å². The molecule has 6 aromatic rings. The van der Waals surface area contributed by atoms with E-state index in [0.717, 1.165) is 53.7 Å². The number of halogens is 1. The van der Waals surface area contributed by atoms with Crippen LogP contribution in [0.25, 0.3) is 43.8 Å². The van der Waals surface area contributed by atoms with Crippen LogP contribution >= 0.6 is 0 Å². The van der Waals surface area contributed by atoms with Crippen molar-refractivity contribution in [3.8, 4) is 22.9 Å². The zero-order valence-corrected chi connectivity index (χ0v) is 28.9. The van der Waals surface area contributed by atoms with Crippen LogP contribution in [0.15, 0.2) is 54.9 Å². The lowest BCUT2D eigenvalue weighted by atomic mass is 9.79. The first-order chi connectivity index (χ1) is 24.8. The van der Waals surface area contributed by atoms with Crippen LogP contribution in [0.2, 0.25) is 0 Å². The number of aliphatic hydroxyl groups excluding tert-OH is 1. The van der Waals surface area contributed by atoms with Crippen molar-refractivity contribution in [2.45, 2.75) is 57.0 Å². The molecule has 6 heterocycles. The van der Waals surface area contributed by atoms with Crippen molar-refractivity contribution in [3.05, 3.63) is 77.6 Å². The molecule has 4 aliphatic rings. The Labute approximate surface area is 294 Å². The summed E-state index contributed by atoms with van der Waals surface area (Å²) >= 11 is 0. The van der Waals surface area contributed by atoms with Gasteiger partial charge in [-0.2, -0.15) is 10.4 Å². The molecule has 4 fully saturated rings. The van der Waals surface area contributed by atoms with Gasteiger partial charge in [0.05, 0.1) is 42.9 Å². The standard InChI is InChI=1S/C39H40FN9O2/c1-4-32-44-36-38(49(32)37-23-12-30(37)42-16-23)29-14-28(31(9-10-41)48-17-21(20-50)15-43-48)33(27-13-25(51)11-22-7-5-6-8-26(22)27)34(40)35(29)45-39(36)47-18-24(19-47)46(2)3/h5-8,11,13-15,17,23-24,30-31,37,42,50-51H,4,9,12,16,18-20H2,1-3H3. The van der Waals surface area contributed by atoms with E-state index in [1.54, 1.807) is 29.2 Å². The monoisotopic (exact) mass is 685 g/mol. The maximum Gasteiger partial charge on any atom is 0.157 e. The van der Waals surface area contributed by atoms with Gasteiger partial charge in [0.15, 0.2) is 11.6 Å². The topological polar surface area (TPSA) is 131 Å². The minimum Gasteiger partial charge on any atom is -0.508 e. The van der Waals surface area contributed by atoms with E-state index in [-0.39, 0.29) is 35.9 Å². The number of nitrogens with one attached hydrogen (secondary N) is 1. The van der Waals surface area contributed by atoms with Gasteiger partial charge in [-0.25, -0.2) is 14.4 Å². The van der Waals surface area contributed by atoms with Crippen LogP contribution < -0.4 is 10.2 Å². The summed E-state index contributed by atoms with van der Waals surface area (Å²) in [6, 6.07) is 15.3. The number of aromatic nitrogens is 5. The molecule has 0 amide bonds. The number of aliphatic hydroxyl groups is 1. The Kier molecular flexibility index (Phi) is 7.50. The van der Waals surface area contributed by atoms with Crippen molar-refractivity contribution in [1.82, 2.24) is 34.5 Å². The van der Waals surface area contributed by atoms with Gasteiger partial charge in [0.2, 0.25) is 0 Å². The van der Waals surface area contributed by atoms with Gasteiger partial charge in [0.1, 0.15) is 22.6 Å². The molecule has 1 aliphatic carbocycles. The lowest BCUT2D eigenvalue weighted by Gasteiger charge is -2.43. The molecule has 2 bridgehead atoms. The molecule has 0 radical (unpaired) electrons. The summed E-state index contributed by atoms with van der Waals surface area (Å²) in [4.78, 5) is 14.8. The van der Waals surface area contributed by atoms with Crippen molar-refractivity contribution >= 4 is 38.5 Å². The molecule has 4 atom stereocenters. The molecule has 4 unspecified atom stereocenters. The number of imidazole rings is 1. The van der Waals surface area contributed by atoms with Crippen molar-refractivity contribution < 1.29 is 14.6 Å². The zero-order chi connectivity index (χ0) is 35.1. The first-order valence-electron chi connectivity index (χ1n) is 17.7. The molecule has 11 nitrogen and oxygen atoms in total. The summed E-state index contributed by atoms with van der Waals surface area (Å²) in [5.74, 6) is 1.57. The molecule has 3 saturated heterocycles. The number of likely N-dealkylation sites (N-methyl/N-ethyl adjacent to an activating group) is 1. The molecule has 1 saturated carbocycles. The number of fused-ring (bicyclic) bond motifs is 5. The summed E-state index contributed by atoms with van der Waals surface area (Å²) in [5, 5.41) is 41.4. The fraction of sp³-hybridized carbons (Fsp3) is 0.385. The molecular formula is C39H40FN9O2. The predicted molar refractivity (Wildman–Crippen MR) is 194 cm³/mol. The van der Waals surface area contributed by atoms with Gasteiger partial charge < -0.3 is 29.9 Å². The normalized spacial score (nSPS) is 20.7.